The number of imide groups is 1. The number of carbonyl (C=O) groups excluding carboxylic acids is 3. The Labute approximate surface area is 84.5 Å². The minimum atomic E-state index is -0.796. The Bertz CT molecular complexity index is 326. The van der Waals surface area contributed by atoms with Gasteiger partial charge in [-0.05, 0) is 0 Å². The number of hydrogen-bond donors (Lipinski definition) is 2. The molecule has 2 aliphatic heterocycles. The van der Waals surface area contributed by atoms with Gasteiger partial charge in [-0.2, -0.15) is 4.99 Å². The fourth-order valence-electron chi connectivity index (χ4n) is 0.979. The monoisotopic (exact) mass is 174 g/mol. The molecule has 13 heavy (non-hydrogen) atoms. The molecule has 0 aromatic carbocycles. The van der Waals surface area contributed by atoms with Gasteiger partial charge < -0.3 is 16.0 Å². The van der Waals surface area contributed by atoms with E-state index in [4.69, 9.17) is 0 Å². The second kappa shape index (κ2) is 3.20. The SMILES string of the molecule is O=C1N=C2C(=O)[N-]C(=O)NC2N1.[Li+]. The molecular formula is C5H3LiN4O3. The molecule has 2 rings (SSSR count). The average Bonchev–Trinajstić information content (AvgIpc) is 2.29. The summed E-state index contributed by atoms with van der Waals surface area (Å²) >= 11 is 0. The molecule has 1 fully saturated rings. The van der Waals surface area contributed by atoms with E-state index < -0.39 is 24.1 Å². The number of nitrogens with one attached hydrogen (secondary N) is 2. The second-order valence-corrected chi connectivity index (χ2v) is 2.25. The Morgan fingerprint density at radius 1 is 1.23 bits per heavy atom. The number of urea groups is 2. The first-order valence-corrected chi connectivity index (χ1v) is 3.12. The number of aliphatic imine (C=N–C) groups is 1. The third-order valence-corrected chi connectivity index (χ3v) is 1.45. The van der Waals surface area contributed by atoms with Crippen LogP contribution in [0.1, 0.15) is 0 Å². The molecule has 1 saturated heterocycles. The van der Waals surface area contributed by atoms with E-state index in [2.05, 4.69) is 20.9 Å². The quantitative estimate of drug-likeness (QED) is 0.367. The predicted octanol–water partition coefficient (Wildman–Crippen LogP) is -3.90. The van der Waals surface area contributed by atoms with Gasteiger partial charge in [0.2, 0.25) is 0 Å². The Morgan fingerprint density at radius 3 is 2.62 bits per heavy atom. The number of rotatable bonds is 0. The first kappa shape index (κ1) is 9.76. The van der Waals surface area contributed by atoms with E-state index in [-0.39, 0.29) is 24.6 Å². The van der Waals surface area contributed by atoms with Gasteiger partial charge in [0.05, 0.1) is 6.17 Å². The van der Waals surface area contributed by atoms with Crippen molar-refractivity contribution >= 4 is 23.7 Å². The molecule has 2 aliphatic rings. The molecule has 2 heterocycles. The standard InChI is InChI=1S/C5H4N4O3.Li/c10-3-1-2(7-4(11)6-1)8-5(12)9-3;/h2H,(H3,7,8,9,10,11,12);/q;+1/p-1. The average molecular weight is 174 g/mol. The summed E-state index contributed by atoms with van der Waals surface area (Å²) < 4.78 is 0. The molecule has 7 nitrogen and oxygen atoms in total. The van der Waals surface area contributed by atoms with E-state index in [0.717, 1.165) is 0 Å². The summed E-state index contributed by atoms with van der Waals surface area (Å²) in [7, 11) is 0. The van der Waals surface area contributed by atoms with Gasteiger partial charge in [-0.3, -0.25) is 9.59 Å². The van der Waals surface area contributed by atoms with E-state index in [1.807, 2.05) is 0 Å². The molecule has 2 N–H and O–H groups in total. The van der Waals surface area contributed by atoms with Crippen LogP contribution >= 0.6 is 0 Å². The first-order valence-electron chi connectivity index (χ1n) is 3.12. The van der Waals surface area contributed by atoms with E-state index in [1.54, 1.807) is 0 Å². The summed E-state index contributed by atoms with van der Waals surface area (Å²) in [5.41, 5.74) is -0.0559. The second-order valence-electron chi connectivity index (χ2n) is 2.25. The normalized spacial score (nSPS) is 24.8. The predicted molar refractivity (Wildman–Crippen MR) is 36.7 cm³/mol. The molecule has 1 unspecified atom stereocenters. The van der Waals surface area contributed by atoms with E-state index in [9.17, 15) is 14.4 Å². The van der Waals surface area contributed by atoms with Gasteiger partial charge >= 0.3 is 24.9 Å². The molecular weight excluding hydrogens is 171 g/mol. The zero-order chi connectivity index (χ0) is 8.72. The smallest absolute Gasteiger partial charge is 0.425 e. The number of fused-ring (bicyclic) bond motifs is 1. The minimum Gasteiger partial charge on any atom is -0.425 e. The van der Waals surface area contributed by atoms with Crippen LogP contribution in [-0.2, 0) is 4.79 Å². The third-order valence-electron chi connectivity index (χ3n) is 1.45. The maximum Gasteiger partial charge on any atom is 1.00 e. The fraction of sp³-hybridized carbons (Fsp3) is 0.200. The van der Waals surface area contributed by atoms with Crippen LogP contribution in [0.25, 0.3) is 5.32 Å². The van der Waals surface area contributed by atoms with Crippen LogP contribution in [0.4, 0.5) is 9.59 Å². The largest absolute Gasteiger partial charge is 1.00 e. The summed E-state index contributed by atoms with van der Waals surface area (Å²) in [6, 6.07) is -1.40. The van der Waals surface area contributed by atoms with E-state index >= 15 is 0 Å². The van der Waals surface area contributed by atoms with Gasteiger partial charge in [0.25, 0.3) is 0 Å². The van der Waals surface area contributed by atoms with Gasteiger partial charge in [-0.1, -0.05) is 0 Å². The molecule has 1 atom stereocenters. The van der Waals surface area contributed by atoms with Crippen LogP contribution in [0.15, 0.2) is 4.99 Å². The molecule has 0 spiro atoms. The summed E-state index contributed by atoms with van der Waals surface area (Å²) in [6.07, 6.45) is -0.796. The minimum absolute atomic E-state index is 0. The molecule has 0 aromatic rings. The zero-order valence-corrected chi connectivity index (χ0v) is 6.70. The van der Waals surface area contributed by atoms with Gasteiger partial charge in [0.15, 0.2) is 11.9 Å². The van der Waals surface area contributed by atoms with Crippen molar-refractivity contribution in [2.45, 2.75) is 6.17 Å². The summed E-state index contributed by atoms with van der Waals surface area (Å²) in [5.74, 6) is -0.762. The number of nitrogens with zero attached hydrogens (tertiary/aromatic N) is 2. The molecule has 0 aromatic heterocycles. The van der Waals surface area contributed by atoms with Crippen LogP contribution in [0.5, 0.6) is 0 Å². The Hall–Kier alpha value is -1.32. The molecule has 62 valence electrons. The van der Waals surface area contributed by atoms with Gasteiger partial charge in [-0.15, -0.1) is 0 Å². The van der Waals surface area contributed by atoms with Crippen molar-refractivity contribution in [1.29, 1.82) is 0 Å². The van der Waals surface area contributed by atoms with Crippen LogP contribution in [0.3, 0.4) is 0 Å². The van der Waals surface area contributed by atoms with Gasteiger partial charge in [-0.25, -0.2) is 4.79 Å². The number of hydrogen-bond acceptors (Lipinski definition) is 3. The number of carbonyl (C=O) groups is 3. The molecule has 0 aliphatic carbocycles. The summed E-state index contributed by atoms with van der Waals surface area (Å²) in [4.78, 5) is 35.5. The Balaban J connectivity index is 0.000000845. The topological polar surface area (TPSA) is 102 Å². The molecule has 8 heteroatoms. The number of amides is 5. The van der Waals surface area contributed by atoms with Crippen LogP contribution in [0, 0.1) is 0 Å². The molecule has 0 bridgehead atoms. The Kier molecular flexibility index (Phi) is 2.40. The van der Waals surface area contributed by atoms with Crippen molar-refractivity contribution in [3.63, 3.8) is 0 Å². The van der Waals surface area contributed by atoms with Crippen molar-refractivity contribution in [2.75, 3.05) is 0 Å². The fourth-order valence-corrected chi connectivity index (χ4v) is 0.979. The third kappa shape index (κ3) is 1.56. The first-order chi connectivity index (χ1) is 5.66. The maximum absolute atomic E-state index is 10.9. The Morgan fingerprint density at radius 2 is 1.92 bits per heavy atom. The van der Waals surface area contributed by atoms with Crippen molar-refractivity contribution < 1.29 is 33.2 Å². The van der Waals surface area contributed by atoms with Crippen LogP contribution < -0.4 is 29.5 Å². The van der Waals surface area contributed by atoms with E-state index in [0.29, 0.717) is 0 Å². The van der Waals surface area contributed by atoms with Gasteiger partial charge in [0, 0.05) is 0 Å². The molecule has 0 radical (unpaired) electrons. The molecule has 5 amide bonds. The summed E-state index contributed by atoms with van der Waals surface area (Å²) in [5, 5.41) is 7.56. The zero-order valence-electron chi connectivity index (χ0n) is 6.70. The van der Waals surface area contributed by atoms with Crippen molar-refractivity contribution in [1.82, 2.24) is 10.6 Å². The van der Waals surface area contributed by atoms with Crippen LogP contribution in [-0.4, -0.2) is 29.8 Å². The van der Waals surface area contributed by atoms with Crippen molar-refractivity contribution in [2.24, 2.45) is 4.99 Å². The van der Waals surface area contributed by atoms with Gasteiger partial charge in [0.1, 0.15) is 5.71 Å². The maximum atomic E-state index is 10.9. The van der Waals surface area contributed by atoms with Crippen LogP contribution in [0.2, 0.25) is 0 Å². The van der Waals surface area contributed by atoms with Crippen molar-refractivity contribution in [3.05, 3.63) is 5.32 Å². The molecule has 0 saturated carbocycles. The summed E-state index contributed by atoms with van der Waals surface area (Å²) in [6.45, 7) is 0. The van der Waals surface area contributed by atoms with Crippen molar-refractivity contribution in [3.8, 4) is 0 Å². The van der Waals surface area contributed by atoms with E-state index in [1.165, 1.54) is 0 Å².